The van der Waals surface area contributed by atoms with Gasteiger partial charge in [0.15, 0.2) is 0 Å². The van der Waals surface area contributed by atoms with Crippen molar-refractivity contribution in [2.24, 2.45) is 11.3 Å². The van der Waals surface area contributed by atoms with Gasteiger partial charge in [0.1, 0.15) is 0 Å². The van der Waals surface area contributed by atoms with E-state index in [0.717, 1.165) is 12.0 Å². The molecule has 0 bridgehead atoms. The van der Waals surface area contributed by atoms with Crippen LogP contribution in [0.25, 0.3) is 0 Å². The number of likely N-dealkylation sites (tertiary alicyclic amines) is 1. The molecule has 0 unspecified atom stereocenters. The number of rotatable bonds is 1. The zero-order valence-electron chi connectivity index (χ0n) is 10.1. The van der Waals surface area contributed by atoms with Crippen LogP contribution in [0.4, 0.5) is 0 Å². The largest absolute Gasteiger partial charge is 0.300 e. The molecular weight excluding hydrogens is 170 g/mol. The Kier molecular flexibility index (Phi) is 2.88. The lowest BCUT2D eigenvalue weighted by molar-refractivity contribution is 0.0119. The van der Waals surface area contributed by atoms with Gasteiger partial charge in [0.2, 0.25) is 0 Å². The van der Waals surface area contributed by atoms with Gasteiger partial charge >= 0.3 is 0 Å². The number of nitrogens with zero attached hydrogens (tertiary/aromatic N) is 1. The summed E-state index contributed by atoms with van der Waals surface area (Å²) in [5.74, 6) is 0.981. The zero-order chi connectivity index (χ0) is 10.2. The van der Waals surface area contributed by atoms with Gasteiger partial charge in [-0.25, -0.2) is 0 Å². The first kappa shape index (κ1) is 10.5. The molecule has 2 aliphatic rings. The quantitative estimate of drug-likeness (QED) is 0.620. The monoisotopic (exact) mass is 195 g/mol. The van der Waals surface area contributed by atoms with Gasteiger partial charge in [0, 0.05) is 6.04 Å². The van der Waals surface area contributed by atoms with Gasteiger partial charge in [-0.2, -0.15) is 0 Å². The fourth-order valence-corrected chi connectivity index (χ4v) is 2.88. The predicted octanol–water partition coefficient (Wildman–Crippen LogP) is 3.30. The molecule has 1 saturated heterocycles. The molecule has 0 atom stereocenters. The van der Waals surface area contributed by atoms with E-state index in [1.54, 1.807) is 0 Å². The molecule has 1 saturated carbocycles. The molecule has 0 spiro atoms. The van der Waals surface area contributed by atoms with E-state index in [4.69, 9.17) is 0 Å². The summed E-state index contributed by atoms with van der Waals surface area (Å²) < 4.78 is 0. The van der Waals surface area contributed by atoms with E-state index in [0.29, 0.717) is 5.41 Å². The molecule has 14 heavy (non-hydrogen) atoms. The first-order valence-corrected chi connectivity index (χ1v) is 6.31. The molecular formula is C13H25N. The SMILES string of the molecule is CC(C)(C)C1CC(N2CCCCC2)C1. The highest BCUT2D eigenvalue weighted by Crippen LogP contribution is 2.43. The predicted molar refractivity (Wildman–Crippen MR) is 61.4 cm³/mol. The van der Waals surface area contributed by atoms with E-state index in [-0.39, 0.29) is 0 Å². The average molecular weight is 195 g/mol. The average Bonchev–Trinajstić information content (AvgIpc) is 2.00. The molecule has 0 aromatic carbocycles. The fraction of sp³-hybridized carbons (Fsp3) is 1.00. The van der Waals surface area contributed by atoms with E-state index >= 15 is 0 Å². The molecule has 0 N–H and O–H groups in total. The van der Waals surface area contributed by atoms with Gasteiger partial charge < -0.3 is 4.90 Å². The van der Waals surface area contributed by atoms with Crippen molar-refractivity contribution < 1.29 is 0 Å². The first-order valence-electron chi connectivity index (χ1n) is 6.31. The van der Waals surface area contributed by atoms with Crippen molar-refractivity contribution in [3.63, 3.8) is 0 Å². The smallest absolute Gasteiger partial charge is 0.0101 e. The van der Waals surface area contributed by atoms with Crippen LogP contribution in [0.1, 0.15) is 52.9 Å². The van der Waals surface area contributed by atoms with Gasteiger partial charge in [0.25, 0.3) is 0 Å². The lowest BCUT2D eigenvalue weighted by atomic mass is 9.65. The molecule has 1 aliphatic heterocycles. The van der Waals surface area contributed by atoms with Crippen LogP contribution in [0.15, 0.2) is 0 Å². The van der Waals surface area contributed by atoms with Crippen molar-refractivity contribution in [1.82, 2.24) is 4.90 Å². The van der Waals surface area contributed by atoms with Gasteiger partial charge in [0.05, 0.1) is 0 Å². The third-order valence-corrected chi connectivity index (χ3v) is 4.24. The molecule has 0 radical (unpaired) electrons. The molecule has 1 aliphatic carbocycles. The highest BCUT2D eigenvalue weighted by atomic mass is 15.2. The molecule has 1 nitrogen and oxygen atoms in total. The lowest BCUT2D eigenvalue weighted by Gasteiger charge is -2.49. The van der Waals surface area contributed by atoms with Crippen LogP contribution in [0.2, 0.25) is 0 Å². The van der Waals surface area contributed by atoms with E-state index in [9.17, 15) is 0 Å². The maximum absolute atomic E-state index is 2.74. The van der Waals surface area contributed by atoms with Crippen LogP contribution in [0.5, 0.6) is 0 Å². The summed E-state index contributed by atoms with van der Waals surface area (Å²) in [4.78, 5) is 2.74. The van der Waals surface area contributed by atoms with Crippen molar-refractivity contribution in [3.8, 4) is 0 Å². The van der Waals surface area contributed by atoms with E-state index in [1.165, 1.54) is 45.2 Å². The fourth-order valence-electron chi connectivity index (χ4n) is 2.88. The van der Waals surface area contributed by atoms with E-state index < -0.39 is 0 Å². The third-order valence-electron chi connectivity index (χ3n) is 4.24. The minimum absolute atomic E-state index is 0.548. The Bertz CT molecular complexity index is 180. The van der Waals surface area contributed by atoms with Crippen molar-refractivity contribution in [1.29, 1.82) is 0 Å². The Morgan fingerprint density at radius 1 is 0.929 bits per heavy atom. The summed E-state index contributed by atoms with van der Waals surface area (Å²) in [7, 11) is 0. The number of piperidine rings is 1. The standard InChI is InChI=1S/C13H25N/c1-13(2,3)11-9-12(10-11)14-7-5-4-6-8-14/h11-12H,4-10H2,1-3H3. The van der Waals surface area contributed by atoms with Crippen molar-refractivity contribution in [3.05, 3.63) is 0 Å². The van der Waals surface area contributed by atoms with Gasteiger partial charge in [-0.1, -0.05) is 27.2 Å². The molecule has 2 rings (SSSR count). The molecule has 1 heterocycles. The Balaban J connectivity index is 1.76. The summed E-state index contributed by atoms with van der Waals surface area (Å²) in [5.41, 5.74) is 0.548. The molecule has 0 aromatic heterocycles. The van der Waals surface area contributed by atoms with Gasteiger partial charge in [-0.3, -0.25) is 0 Å². The van der Waals surface area contributed by atoms with Gasteiger partial charge in [-0.15, -0.1) is 0 Å². The number of hydrogen-bond acceptors (Lipinski definition) is 1. The van der Waals surface area contributed by atoms with Crippen molar-refractivity contribution >= 4 is 0 Å². The molecule has 2 fully saturated rings. The second-order valence-corrected chi connectivity index (χ2v) is 6.28. The third kappa shape index (κ3) is 2.13. The summed E-state index contributed by atoms with van der Waals surface area (Å²) >= 11 is 0. The maximum Gasteiger partial charge on any atom is 0.0101 e. The Morgan fingerprint density at radius 3 is 2.00 bits per heavy atom. The van der Waals surface area contributed by atoms with Gasteiger partial charge in [-0.05, 0) is 50.1 Å². The topological polar surface area (TPSA) is 3.24 Å². The minimum atomic E-state index is 0.548. The van der Waals surface area contributed by atoms with Crippen molar-refractivity contribution in [2.45, 2.75) is 58.9 Å². The van der Waals surface area contributed by atoms with Crippen LogP contribution >= 0.6 is 0 Å². The van der Waals surface area contributed by atoms with Crippen LogP contribution in [0.3, 0.4) is 0 Å². The lowest BCUT2D eigenvalue weighted by Crippen LogP contribution is -2.49. The second-order valence-electron chi connectivity index (χ2n) is 6.28. The maximum atomic E-state index is 2.74. The zero-order valence-corrected chi connectivity index (χ0v) is 10.1. The van der Waals surface area contributed by atoms with Crippen LogP contribution < -0.4 is 0 Å². The second kappa shape index (κ2) is 3.84. The highest BCUT2D eigenvalue weighted by molar-refractivity contribution is 4.93. The van der Waals surface area contributed by atoms with Crippen LogP contribution in [-0.2, 0) is 0 Å². The van der Waals surface area contributed by atoms with E-state index in [1.807, 2.05) is 0 Å². The van der Waals surface area contributed by atoms with Crippen LogP contribution in [-0.4, -0.2) is 24.0 Å². The summed E-state index contributed by atoms with van der Waals surface area (Å²) in [6, 6.07) is 0.944. The van der Waals surface area contributed by atoms with Crippen LogP contribution in [0, 0.1) is 11.3 Å². The molecule has 0 amide bonds. The van der Waals surface area contributed by atoms with Crippen molar-refractivity contribution in [2.75, 3.05) is 13.1 Å². The normalized spacial score (nSPS) is 35.4. The molecule has 0 aromatic rings. The molecule has 82 valence electrons. The summed E-state index contributed by atoms with van der Waals surface area (Å²) in [6.45, 7) is 9.93. The first-order chi connectivity index (χ1) is 6.57. The summed E-state index contributed by atoms with van der Waals surface area (Å²) in [5, 5.41) is 0. The Hall–Kier alpha value is -0.0400. The minimum Gasteiger partial charge on any atom is -0.300 e. The Labute approximate surface area is 88.9 Å². The highest BCUT2D eigenvalue weighted by Gasteiger charge is 2.39. The molecule has 1 heteroatoms. The Morgan fingerprint density at radius 2 is 1.50 bits per heavy atom. The van der Waals surface area contributed by atoms with E-state index in [2.05, 4.69) is 25.7 Å². The summed E-state index contributed by atoms with van der Waals surface area (Å²) in [6.07, 6.45) is 7.27. The number of hydrogen-bond donors (Lipinski definition) is 0.